The van der Waals surface area contributed by atoms with E-state index < -0.39 is 0 Å². The molecule has 0 aliphatic carbocycles. The summed E-state index contributed by atoms with van der Waals surface area (Å²) in [6, 6.07) is 6.44. The van der Waals surface area contributed by atoms with Gasteiger partial charge in [-0.15, -0.1) is 0 Å². The molecule has 2 atom stereocenters. The first-order chi connectivity index (χ1) is 6.09. The maximum Gasteiger partial charge on any atom is 0.123 e. The van der Waals surface area contributed by atoms with Crippen LogP contribution in [0.3, 0.4) is 0 Å². The van der Waals surface area contributed by atoms with Crippen molar-refractivity contribution in [3.05, 3.63) is 35.6 Å². The zero-order valence-corrected chi connectivity index (χ0v) is 8.00. The van der Waals surface area contributed by atoms with Gasteiger partial charge >= 0.3 is 0 Å². The number of rotatable bonds is 3. The average Bonchev–Trinajstić information content (AvgIpc) is 2.04. The van der Waals surface area contributed by atoms with E-state index in [2.05, 4.69) is 0 Å². The zero-order chi connectivity index (χ0) is 9.84. The normalized spacial score (nSPS) is 15.4. The van der Waals surface area contributed by atoms with Gasteiger partial charge in [0.1, 0.15) is 5.82 Å². The topological polar surface area (TPSA) is 20.2 Å². The lowest BCUT2D eigenvalue weighted by Gasteiger charge is -2.13. The Labute approximate surface area is 78.2 Å². The molecule has 0 radical (unpaired) electrons. The Morgan fingerprint density at radius 1 is 1.23 bits per heavy atom. The van der Waals surface area contributed by atoms with E-state index in [-0.39, 0.29) is 17.8 Å². The number of benzene rings is 1. The first-order valence-corrected chi connectivity index (χ1v) is 4.53. The van der Waals surface area contributed by atoms with Gasteiger partial charge in [0.2, 0.25) is 0 Å². The van der Waals surface area contributed by atoms with E-state index in [0.717, 1.165) is 5.56 Å². The van der Waals surface area contributed by atoms with E-state index in [1.165, 1.54) is 12.1 Å². The molecule has 0 aliphatic heterocycles. The molecule has 0 amide bonds. The minimum absolute atomic E-state index is 0.215. The standard InChI is InChI=1S/C11H15FO/c1-8(7-9(2)13)10-3-5-11(12)6-4-10/h3-6,8-9,13H,7H2,1-2H3/t8-,9+/m0/s1. The molecule has 1 nitrogen and oxygen atoms in total. The summed E-state index contributed by atoms with van der Waals surface area (Å²) in [6.45, 7) is 3.79. The molecule has 13 heavy (non-hydrogen) atoms. The van der Waals surface area contributed by atoms with Gasteiger partial charge in [0.05, 0.1) is 6.10 Å². The van der Waals surface area contributed by atoms with Gasteiger partial charge in [0, 0.05) is 0 Å². The quantitative estimate of drug-likeness (QED) is 0.762. The van der Waals surface area contributed by atoms with E-state index in [1.54, 1.807) is 19.1 Å². The molecule has 1 aromatic carbocycles. The van der Waals surface area contributed by atoms with Crippen LogP contribution in [0.4, 0.5) is 4.39 Å². The molecule has 2 heteroatoms. The van der Waals surface area contributed by atoms with Crippen molar-refractivity contribution in [2.45, 2.75) is 32.3 Å². The van der Waals surface area contributed by atoms with Crippen LogP contribution in [0.1, 0.15) is 31.7 Å². The van der Waals surface area contributed by atoms with Crippen LogP contribution < -0.4 is 0 Å². The maximum absolute atomic E-state index is 12.6. The second-order valence-electron chi connectivity index (χ2n) is 3.54. The molecular formula is C11H15FO. The Morgan fingerprint density at radius 3 is 2.23 bits per heavy atom. The van der Waals surface area contributed by atoms with Gasteiger partial charge in [-0.1, -0.05) is 19.1 Å². The lowest BCUT2D eigenvalue weighted by molar-refractivity contribution is 0.176. The lowest BCUT2D eigenvalue weighted by Crippen LogP contribution is -2.05. The summed E-state index contributed by atoms with van der Waals surface area (Å²) in [4.78, 5) is 0. The highest BCUT2D eigenvalue weighted by Crippen LogP contribution is 2.20. The molecule has 0 saturated heterocycles. The number of halogens is 1. The van der Waals surface area contributed by atoms with Crippen LogP contribution in [0, 0.1) is 5.82 Å². The van der Waals surface area contributed by atoms with Crippen LogP contribution in [-0.4, -0.2) is 11.2 Å². The molecule has 0 unspecified atom stereocenters. The molecule has 0 spiro atoms. The van der Waals surface area contributed by atoms with E-state index >= 15 is 0 Å². The van der Waals surface area contributed by atoms with Crippen molar-refractivity contribution in [2.75, 3.05) is 0 Å². The van der Waals surface area contributed by atoms with Crippen molar-refractivity contribution in [2.24, 2.45) is 0 Å². The highest BCUT2D eigenvalue weighted by atomic mass is 19.1. The van der Waals surface area contributed by atoms with Gasteiger partial charge in [-0.3, -0.25) is 0 Å². The monoisotopic (exact) mass is 182 g/mol. The minimum atomic E-state index is -0.306. The molecule has 72 valence electrons. The summed E-state index contributed by atoms with van der Waals surface area (Å²) in [6.07, 6.45) is 0.408. The molecule has 1 aromatic rings. The Morgan fingerprint density at radius 2 is 1.77 bits per heavy atom. The fourth-order valence-corrected chi connectivity index (χ4v) is 1.44. The molecule has 0 fully saturated rings. The van der Waals surface area contributed by atoms with E-state index in [9.17, 15) is 4.39 Å². The molecule has 0 aliphatic rings. The molecule has 0 saturated carbocycles. The maximum atomic E-state index is 12.6. The Kier molecular flexibility index (Phi) is 3.43. The van der Waals surface area contributed by atoms with Crippen LogP contribution >= 0.6 is 0 Å². The van der Waals surface area contributed by atoms with E-state index in [1.807, 2.05) is 6.92 Å². The van der Waals surface area contributed by atoms with Gasteiger partial charge in [-0.2, -0.15) is 0 Å². The van der Waals surface area contributed by atoms with Crippen LogP contribution in [0.15, 0.2) is 24.3 Å². The van der Waals surface area contributed by atoms with Crippen molar-refractivity contribution in [3.63, 3.8) is 0 Å². The first-order valence-electron chi connectivity index (χ1n) is 4.53. The van der Waals surface area contributed by atoms with Crippen molar-refractivity contribution in [3.8, 4) is 0 Å². The Bertz CT molecular complexity index is 253. The fourth-order valence-electron chi connectivity index (χ4n) is 1.44. The Balaban J connectivity index is 2.66. The number of hydrogen-bond donors (Lipinski definition) is 1. The molecule has 1 rings (SSSR count). The van der Waals surface area contributed by atoms with Gasteiger partial charge in [0.15, 0.2) is 0 Å². The first kappa shape index (κ1) is 10.2. The fraction of sp³-hybridized carbons (Fsp3) is 0.455. The number of hydrogen-bond acceptors (Lipinski definition) is 1. The lowest BCUT2D eigenvalue weighted by atomic mass is 9.96. The molecule has 0 aromatic heterocycles. The van der Waals surface area contributed by atoms with Crippen molar-refractivity contribution in [1.29, 1.82) is 0 Å². The van der Waals surface area contributed by atoms with Crippen LogP contribution in [-0.2, 0) is 0 Å². The van der Waals surface area contributed by atoms with Gasteiger partial charge < -0.3 is 5.11 Å². The molecule has 0 bridgehead atoms. The molecule has 0 heterocycles. The third-order valence-corrected chi connectivity index (χ3v) is 2.13. The smallest absolute Gasteiger partial charge is 0.123 e. The minimum Gasteiger partial charge on any atom is -0.393 e. The SMILES string of the molecule is C[C@@H](O)C[C@H](C)c1ccc(F)cc1. The van der Waals surface area contributed by atoms with E-state index in [4.69, 9.17) is 5.11 Å². The average molecular weight is 182 g/mol. The summed E-state index contributed by atoms with van der Waals surface area (Å²) >= 11 is 0. The second-order valence-corrected chi connectivity index (χ2v) is 3.54. The third-order valence-electron chi connectivity index (χ3n) is 2.13. The predicted octanol–water partition coefficient (Wildman–Crippen LogP) is 2.70. The molecular weight excluding hydrogens is 167 g/mol. The van der Waals surface area contributed by atoms with Crippen molar-refractivity contribution in [1.82, 2.24) is 0 Å². The largest absolute Gasteiger partial charge is 0.393 e. The summed E-state index contributed by atoms with van der Waals surface area (Å²) in [5.41, 5.74) is 1.07. The van der Waals surface area contributed by atoms with Crippen molar-refractivity contribution < 1.29 is 9.50 Å². The zero-order valence-electron chi connectivity index (χ0n) is 8.00. The molecule has 1 N–H and O–H groups in total. The van der Waals surface area contributed by atoms with Crippen LogP contribution in [0.2, 0.25) is 0 Å². The van der Waals surface area contributed by atoms with E-state index in [0.29, 0.717) is 6.42 Å². The third kappa shape index (κ3) is 3.15. The highest BCUT2D eigenvalue weighted by molar-refractivity contribution is 5.19. The highest BCUT2D eigenvalue weighted by Gasteiger charge is 2.08. The number of aliphatic hydroxyl groups excluding tert-OH is 1. The Hall–Kier alpha value is -0.890. The predicted molar refractivity (Wildman–Crippen MR) is 51.1 cm³/mol. The van der Waals surface area contributed by atoms with Crippen LogP contribution in [0.5, 0.6) is 0 Å². The summed E-state index contributed by atoms with van der Waals surface area (Å²) < 4.78 is 12.6. The summed E-state index contributed by atoms with van der Waals surface area (Å²) in [5.74, 6) is 0.0635. The number of aliphatic hydroxyl groups is 1. The van der Waals surface area contributed by atoms with Crippen molar-refractivity contribution >= 4 is 0 Å². The summed E-state index contributed by atoms with van der Waals surface area (Å²) in [5, 5.41) is 9.16. The van der Waals surface area contributed by atoms with Gasteiger partial charge in [-0.05, 0) is 37.0 Å². The van der Waals surface area contributed by atoms with Gasteiger partial charge in [-0.25, -0.2) is 4.39 Å². The summed E-state index contributed by atoms with van der Waals surface area (Å²) in [7, 11) is 0. The van der Waals surface area contributed by atoms with Gasteiger partial charge in [0.25, 0.3) is 0 Å². The second kappa shape index (κ2) is 4.38. The van der Waals surface area contributed by atoms with Crippen LogP contribution in [0.25, 0.3) is 0 Å².